The first-order valence-corrected chi connectivity index (χ1v) is 12.3. The Morgan fingerprint density at radius 3 is 1.73 bits per heavy atom. The van der Waals surface area contributed by atoms with Gasteiger partial charge in [0.1, 0.15) is 0 Å². The molecule has 4 rings (SSSR count). The van der Waals surface area contributed by atoms with E-state index in [-0.39, 0.29) is 0 Å². The zero-order chi connectivity index (χ0) is 23.2. The molecule has 0 N–H and O–H groups in total. The number of hydrogen-bond acceptors (Lipinski definition) is 0. The van der Waals surface area contributed by atoms with Crippen LogP contribution in [0.25, 0.3) is 0 Å². The fourth-order valence-electron chi connectivity index (χ4n) is 4.63. The second-order valence-corrected chi connectivity index (χ2v) is 9.87. The van der Waals surface area contributed by atoms with Crippen LogP contribution in [0.3, 0.4) is 0 Å². The van der Waals surface area contributed by atoms with Crippen LogP contribution < -0.4 is 0 Å². The van der Waals surface area contributed by atoms with Gasteiger partial charge in [-0.1, -0.05) is 67.2 Å². The molecule has 0 amide bonds. The number of benzene rings is 3. The van der Waals surface area contributed by atoms with Gasteiger partial charge in [0, 0.05) is 22.3 Å². The molecule has 0 bridgehead atoms. The van der Waals surface area contributed by atoms with Gasteiger partial charge >= 0.3 is 0 Å². The monoisotopic (exact) mass is 430 g/mol. The molecule has 0 unspecified atom stereocenters. The summed E-state index contributed by atoms with van der Waals surface area (Å²) in [6.45, 7) is 8.92. The third-order valence-electron chi connectivity index (χ3n) is 6.96. The second kappa shape index (κ2) is 10.6. The van der Waals surface area contributed by atoms with Crippen LogP contribution >= 0.6 is 0 Å². The molecule has 0 nitrogen and oxygen atoms in total. The van der Waals surface area contributed by atoms with Crippen molar-refractivity contribution in [2.75, 3.05) is 0 Å². The van der Waals surface area contributed by atoms with Crippen molar-refractivity contribution < 1.29 is 0 Å². The fraction of sp³-hybridized carbons (Fsp3) is 0.333. The Morgan fingerprint density at radius 1 is 0.636 bits per heavy atom. The SMILES string of the molecule is Cc1ccc(C#Cc2ccc(C#Cc3cc(C)c(CC4CCC(C)CC4)cc3C)cc2)cc1. The summed E-state index contributed by atoms with van der Waals surface area (Å²) in [5.74, 6) is 15.0. The van der Waals surface area contributed by atoms with Gasteiger partial charge in [0.2, 0.25) is 0 Å². The van der Waals surface area contributed by atoms with Crippen LogP contribution in [0.2, 0.25) is 0 Å². The number of rotatable bonds is 2. The van der Waals surface area contributed by atoms with Crippen LogP contribution in [0, 0.1) is 56.3 Å². The highest BCUT2D eigenvalue weighted by molar-refractivity contribution is 5.51. The topological polar surface area (TPSA) is 0 Å². The van der Waals surface area contributed by atoms with E-state index >= 15 is 0 Å². The minimum absolute atomic E-state index is 0.851. The average molecular weight is 431 g/mol. The smallest absolute Gasteiger partial charge is 0.0281 e. The van der Waals surface area contributed by atoms with E-state index in [1.165, 1.54) is 54.4 Å². The van der Waals surface area contributed by atoms with Gasteiger partial charge in [-0.05, 0) is 111 Å². The van der Waals surface area contributed by atoms with Crippen molar-refractivity contribution in [3.05, 3.63) is 105 Å². The van der Waals surface area contributed by atoms with Gasteiger partial charge in [-0.25, -0.2) is 0 Å². The number of hydrogen-bond donors (Lipinski definition) is 0. The van der Waals surface area contributed by atoms with Gasteiger partial charge in [-0.15, -0.1) is 0 Å². The molecule has 1 fully saturated rings. The van der Waals surface area contributed by atoms with Crippen LogP contribution in [0.15, 0.2) is 60.7 Å². The maximum Gasteiger partial charge on any atom is 0.0281 e. The van der Waals surface area contributed by atoms with Crippen LogP contribution in [0.1, 0.15) is 77.1 Å². The molecule has 0 saturated heterocycles. The minimum Gasteiger partial charge on any atom is -0.0625 e. The predicted molar refractivity (Wildman–Crippen MR) is 140 cm³/mol. The van der Waals surface area contributed by atoms with E-state index in [2.05, 4.69) is 112 Å². The summed E-state index contributed by atoms with van der Waals surface area (Å²) in [5, 5.41) is 0. The summed E-state index contributed by atoms with van der Waals surface area (Å²) in [4.78, 5) is 0. The van der Waals surface area contributed by atoms with Crippen molar-refractivity contribution in [2.24, 2.45) is 11.8 Å². The molecule has 0 aromatic heterocycles. The summed E-state index contributed by atoms with van der Waals surface area (Å²) < 4.78 is 0. The lowest BCUT2D eigenvalue weighted by molar-refractivity contribution is 0.288. The first-order valence-electron chi connectivity index (χ1n) is 12.3. The largest absolute Gasteiger partial charge is 0.0625 e. The molecule has 0 heterocycles. The van der Waals surface area contributed by atoms with E-state index < -0.39 is 0 Å². The first-order chi connectivity index (χ1) is 16.0. The maximum absolute atomic E-state index is 3.40. The maximum atomic E-state index is 3.40. The van der Waals surface area contributed by atoms with E-state index in [1.54, 1.807) is 0 Å². The molecule has 166 valence electrons. The summed E-state index contributed by atoms with van der Waals surface area (Å²) in [5.41, 5.74) is 9.63. The fourth-order valence-corrected chi connectivity index (χ4v) is 4.63. The predicted octanol–water partition coefficient (Wildman–Crippen LogP) is 7.78. The molecule has 1 saturated carbocycles. The quantitative estimate of drug-likeness (QED) is 0.364. The highest BCUT2D eigenvalue weighted by atomic mass is 14.2. The second-order valence-electron chi connectivity index (χ2n) is 9.87. The van der Waals surface area contributed by atoms with E-state index in [9.17, 15) is 0 Å². The van der Waals surface area contributed by atoms with E-state index in [1.807, 2.05) is 0 Å². The van der Waals surface area contributed by atoms with Crippen LogP contribution in [-0.2, 0) is 6.42 Å². The van der Waals surface area contributed by atoms with Crippen molar-refractivity contribution in [2.45, 2.75) is 59.8 Å². The number of aryl methyl sites for hydroxylation is 3. The normalized spacial score (nSPS) is 17.5. The third-order valence-corrected chi connectivity index (χ3v) is 6.96. The lowest BCUT2D eigenvalue weighted by Crippen LogP contribution is -2.15. The first kappa shape index (κ1) is 23.0. The molecule has 0 aliphatic heterocycles. The Labute approximate surface area is 200 Å². The van der Waals surface area contributed by atoms with Gasteiger partial charge in [-0.3, -0.25) is 0 Å². The van der Waals surface area contributed by atoms with E-state index in [0.717, 1.165) is 34.1 Å². The third kappa shape index (κ3) is 6.40. The summed E-state index contributed by atoms with van der Waals surface area (Å²) >= 11 is 0. The molecule has 1 aliphatic rings. The Morgan fingerprint density at radius 2 is 1.15 bits per heavy atom. The Hall–Kier alpha value is -3.22. The standard InChI is InChI=1S/C33H34/c1-24-5-9-28(10-6-24)13-14-29-15-17-30(18-16-29)19-20-32-21-27(4)33(22-26(32)3)23-31-11-7-25(2)8-12-31/h5-6,9-10,15-18,21-22,25,31H,7-8,11-12,23H2,1-4H3. The average Bonchev–Trinajstić information content (AvgIpc) is 2.82. The lowest BCUT2D eigenvalue weighted by Gasteiger charge is -2.26. The zero-order valence-electron chi connectivity index (χ0n) is 20.5. The Bertz CT molecular complexity index is 1210. The highest BCUT2D eigenvalue weighted by Crippen LogP contribution is 2.31. The van der Waals surface area contributed by atoms with Crippen molar-refractivity contribution in [3.63, 3.8) is 0 Å². The molecule has 0 radical (unpaired) electrons. The Balaban J connectivity index is 1.43. The molecule has 3 aromatic rings. The van der Waals surface area contributed by atoms with Gasteiger partial charge in [0.15, 0.2) is 0 Å². The molecule has 0 spiro atoms. The van der Waals surface area contributed by atoms with Crippen molar-refractivity contribution in [1.29, 1.82) is 0 Å². The van der Waals surface area contributed by atoms with Crippen LogP contribution in [-0.4, -0.2) is 0 Å². The molecule has 0 atom stereocenters. The minimum atomic E-state index is 0.851. The highest BCUT2D eigenvalue weighted by Gasteiger charge is 2.19. The lowest BCUT2D eigenvalue weighted by atomic mass is 9.79. The van der Waals surface area contributed by atoms with Gasteiger partial charge in [0.25, 0.3) is 0 Å². The molecule has 0 heteroatoms. The van der Waals surface area contributed by atoms with E-state index in [4.69, 9.17) is 0 Å². The van der Waals surface area contributed by atoms with Crippen molar-refractivity contribution in [1.82, 2.24) is 0 Å². The van der Waals surface area contributed by atoms with Crippen molar-refractivity contribution >= 4 is 0 Å². The molecule has 1 aliphatic carbocycles. The summed E-state index contributed by atoms with van der Waals surface area (Å²) in [6, 6.07) is 21.2. The molecule has 33 heavy (non-hydrogen) atoms. The molecular weight excluding hydrogens is 396 g/mol. The summed E-state index contributed by atoms with van der Waals surface area (Å²) in [7, 11) is 0. The van der Waals surface area contributed by atoms with Crippen molar-refractivity contribution in [3.8, 4) is 23.7 Å². The Kier molecular flexibility index (Phi) is 7.37. The van der Waals surface area contributed by atoms with Crippen LogP contribution in [0.4, 0.5) is 0 Å². The molecular formula is C33H34. The molecule has 3 aromatic carbocycles. The van der Waals surface area contributed by atoms with Gasteiger partial charge in [-0.2, -0.15) is 0 Å². The zero-order valence-corrected chi connectivity index (χ0v) is 20.5. The van der Waals surface area contributed by atoms with E-state index in [0.29, 0.717) is 0 Å². The van der Waals surface area contributed by atoms with Crippen LogP contribution in [0.5, 0.6) is 0 Å². The summed E-state index contributed by atoms with van der Waals surface area (Å²) in [6.07, 6.45) is 6.77. The van der Waals surface area contributed by atoms with Gasteiger partial charge in [0.05, 0.1) is 0 Å². The van der Waals surface area contributed by atoms with Gasteiger partial charge < -0.3 is 0 Å².